The van der Waals surface area contributed by atoms with Gasteiger partial charge in [-0.2, -0.15) is 0 Å². The molecule has 6 nitrogen and oxygen atoms in total. The predicted octanol–water partition coefficient (Wildman–Crippen LogP) is 7.78. The number of rotatable bonds is 7. The highest BCUT2D eigenvalue weighted by Crippen LogP contribution is 2.44. The molecule has 0 amide bonds. The van der Waals surface area contributed by atoms with Gasteiger partial charge in [0.05, 0.1) is 28.1 Å². The Kier molecular flexibility index (Phi) is 10.1. The fourth-order valence-electron chi connectivity index (χ4n) is 3.42. The summed E-state index contributed by atoms with van der Waals surface area (Å²) in [6.45, 7) is 5.91. The lowest BCUT2D eigenvalue weighted by atomic mass is 10.0. The van der Waals surface area contributed by atoms with Crippen molar-refractivity contribution in [1.82, 2.24) is 15.4 Å². The van der Waals surface area contributed by atoms with E-state index in [0.717, 1.165) is 28.8 Å². The van der Waals surface area contributed by atoms with Crippen molar-refractivity contribution in [3.8, 4) is 5.75 Å². The van der Waals surface area contributed by atoms with Gasteiger partial charge in [-0.1, -0.05) is 55.3 Å². The maximum Gasteiger partial charge on any atom is 0.168 e. The third-order valence-electron chi connectivity index (χ3n) is 4.95. The summed E-state index contributed by atoms with van der Waals surface area (Å²) < 4.78 is 8.30. The van der Waals surface area contributed by atoms with Crippen LogP contribution in [0.15, 0.2) is 55.0 Å². The number of halogens is 3. The summed E-state index contributed by atoms with van der Waals surface area (Å²) in [7, 11) is 0. The second kappa shape index (κ2) is 12.8. The Bertz CT molecular complexity index is 1140. The minimum absolute atomic E-state index is 0.0371. The first-order chi connectivity index (χ1) is 16.5. The van der Waals surface area contributed by atoms with Gasteiger partial charge in [0.15, 0.2) is 6.29 Å². The molecule has 2 aromatic heterocycles. The van der Waals surface area contributed by atoms with E-state index < -0.39 is 0 Å². The van der Waals surface area contributed by atoms with Crippen molar-refractivity contribution in [1.29, 1.82) is 0 Å². The summed E-state index contributed by atoms with van der Waals surface area (Å²) in [6.07, 6.45) is 9.76. The third kappa shape index (κ3) is 6.26. The van der Waals surface area contributed by atoms with Crippen LogP contribution in [0.1, 0.15) is 60.1 Å². The van der Waals surface area contributed by atoms with E-state index in [4.69, 9.17) is 27.9 Å². The number of pyridine rings is 2. The van der Waals surface area contributed by atoms with Crippen molar-refractivity contribution < 1.29 is 9.53 Å². The molecule has 0 saturated carbocycles. The lowest BCUT2D eigenvalue weighted by Gasteiger charge is -2.18. The fraction of sp³-hybridized carbons (Fsp3) is 0.208. The highest BCUT2D eigenvalue weighted by Gasteiger charge is 2.27. The lowest BCUT2D eigenvalue weighted by Crippen LogP contribution is -2.24. The predicted molar refractivity (Wildman–Crippen MR) is 150 cm³/mol. The summed E-state index contributed by atoms with van der Waals surface area (Å²) in [5, 5.41) is 0.945. The van der Waals surface area contributed by atoms with Gasteiger partial charge in [-0.3, -0.25) is 19.5 Å². The number of hydrazine groups is 1. The van der Waals surface area contributed by atoms with Crippen LogP contribution in [0, 0.1) is 0 Å². The van der Waals surface area contributed by atoms with Crippen LogP contribution in [0.2, 0.25) is 10.0 Å². The van der Waals surface area contributed by atoms with E-state index >= 15 is 0 Å². The summed E-state index contributed by atoms with van der Waals surface area (Å²) in [4.78, 5) is 18.9. The number of carbonyl (C=O) groups excluding carboxylic acids is 1. The topological polar surface area (TPSA) is 67.3 Å². The van der Waals surface area contributed by atoms with Crippen LogP contribution in [0.3, 0.4) is 0 Å². The first-order valence-electron chi connectivity index (χ1n) is 10.6. The van der Waals surface area contributed by atoms with Gasteiger partial charge in [0, 0.05) is 29.7 Å². The second-order valence-corrected chi connectivity index (χ2v) is 9.90. The van der Waals surface area contributed by atoms with Crippen molar-refractivity contribution in [3.05, 3.63) is 87.4 Å². The highest BCUT2D eigenvalue weighted by molar-refractivity contribution is 14.2. The number of carbonyl (C=O) groups is 1. The number of benzene rings is 1. The van der Waals surface area contributed by atoms with E-state index in [-0.39, 0.29) is 12.1 Å². The molecule has 3 heterocycles. The zero-order valence-electron chi connectivity index (χ0n) is 18.8. The molecule has 0 saturated heterocycles. The summed E-state index contributed by atoms with van der Waals surface area (Å²) in [5.41, 5.74) is 7.73. The standard InChI is InChI=1S/C22H18Cl2IN4O2P.C2H6/c1-13(22-18(23)10-26-11-19(22)24)31-16-5-7-21-17(8-16)20(28-29(21)32-25)6-3-14-2-4-15(12-30)27-9-14;1-2/h2-13,20,28,32H,1H3;1-2H3/b6-3+;/t13-,20?;/m1./s1. The first-order valence-corrected chi connectivity index (χ1v) is 15.4. The van der Waals surface area contributed by atoms with Crippen LogP contribution in [0.5, 0.6) is 5.75 Å². The number of nitrogens with zero attached hydrogens (tertiary/aromatic N) is 3. The Balaban J connectivity index is 0.00000158. The van der Waals surface area contributed by atoms with Gasteiger partial charge in [-0.05, 0) is 58.8 Å². The molecule has 178 valence electrons. The van der Waals surface area contributed by atoms with Crippen LogP contribution in [0.25, 0.3) is 6.08 Å². The maximum atomic E-state index is 10.8. The van der Waals surface area contributed by atoms with E-state index in [9.17, 15) is 4.79 Å². The molecule has 0 fully saturated rings. The Labute approximate surface area is 224 Å². The Morgan fingerprint density at radius 3 is 2.53 bits per heavy atom. The van der Waals surface area contributed by atoms with Gasteiger partial charge in [0.1, 0.15) is 17.5 Å². The first kappa shape index (κ1) is 26.8. The van der Waals surface area contributed by atoms with Crippen LogP contribution in [-0.4, -0.2) is 16.3 Å². The quantitative estimate of drug-likeness (QED) is 0.164. The number of aldehydes is 1. The molecule has 1 aromatic carbocycles. The number of hydrogen-bond donors (Lipinski definition) is 1. The lowest BCUT2D eigenvalue weighted by molar-refractivity contribution is 0.111. The molecule has 3 atom stereocenters. The van der Waals surface area contributed by atoms with Gasteiger partial charge >= 0.3 is 0 Å². The molecule has 1 aliphatic rings. The van der Waals surface area contributed by atoms with Gasteiger partial charge in [-0.15, -0.1) is 0 Å². The zero-order chi connectivity index (χ0) is 24.7. The number of aromatic nitrogens is 2. The minimum Gasteiger partial charge on any atom is -0.486 e. The van der Waals surface area contributed by atoms with Crippen LogP contribution in [0.4, 0.5) is 5.69 Å². The molecule has 0 radical (unpaired) electrons. The normalized spacial score (nSPS) is 15.8. The molecule has 3 aromatic rings. The van der Waals surface area contributed by atoms with Crippen molar-refractivity contribution in [2.75, 3.05) is 4.78 Å². The third-order valence-corrected chi connectivity index (χ3v) is 7.54. The van der Waals surface area contributed by atoms with Crippen LogP contribution >= 0.6 is 51.6 Å². The molecule has 10 heteroatoms. The summed E-state index contributed by atoms with van der Waals surface area (Å²) >= 11 is 14.9. The second-order valence-electron chi connectivity index (χ2n) is 7.02. The van der Waals surface area contributed by atoms with Crippen molar-refractivity contribution in [3.63, 3.8) is 0 Å². The average Bonchev–Trinajstić information content (AvgIpc) is 3.21. The minimum atomic E-state index is -0.343. The fourth-order valence-corrected chi connectivity index (χ4v) is 5.77. The zero-order valence-corrected chi connectivity index (χ0v) is 23.5. The van der Waals surface area contributed by atoms with Gasteiger partial charge in [0.25, 0.3) is 0 Å². The van der Waals surface area contributed by atoms with Crippen LogP contribution < -0.4 is 14.9 Å². The SMILES string of the molecule is CC.C[C@@H](Oc1ccc2c(c1)C(/C=C/c1ccc(C=O)nc1)NN2PI)c1c(Cl)cncc1Cl. The van der Waals surface area contributed by atoms with E-state index in [2.05, 4.69) is 48.3 Å². The molecule has 0 aliphatic carbocycles. The number of fused-ring (bicyclic) bond motifs is 1. The number of hydrogen-bond acceptors (Lipinski definition) is 6. The molecule has 0 spiro atoms. The maximum absolute atomic E-state index is 10.8. The Morgan fingerprint density at radius 2 is 1.91 bits per heavy atom. The van der Waals surface area contributed by atoms with Crippen LogP contribution in [-0.2, 0) is 0 Å². The van der Waals surface area contributed by atoms with Gasteiger partial charge in [0.2, 0.25) is 0 Å². The largest absolute Gasteiger partial charge is 0.486 e. The van der Waals surface area contributed by atoms with Crippen molar-refractivity contribution in [2.45, 2.75) is 32.9 Å². The van der Waals surface area contributed by atoms with Crippen molar-refractivity contribution >= 4 is 69.7 Å². The molecule has 0 bridgehead atoms. The molecule has 4 rings (SSSR count). The van der Waals surface area contributed by atoms with E-state index in [1.807, 2.05) is 51.1 Å². The van der Waals surface area contributed by atoms with E-state index in [0.29, 0.717) is 27.7 Å². The molecular formula is C24H24Cl2IN4O2P. The monoisotopic (exact) mass is 628 g/mol. The van der Waals surface area contributed by atoms with Gasteiger partial charge < -0.3 is 4.74 Å². The number of ether oxygens (including phenoxy) is 1. The summed E-state index contributed by atoms with van der Waals surface area (Å²) in [5.74, 6) is 0.719. The molecular weight excluding hydrogens is 605 g/mol. The molecule has 1 aliphatic heterocycles. The highest BCUT2D eigenvalue weighted by atomic mass is 127. The van der Waals surface area contributed by atoms with E-state index in [1.54, 1.807) is 24.7 Å². The smallest absolute Gasteiger partial charge is 0.168 e. The molecule has 34 heavy (non-hydrogen) atoms. The summed E-state index contributed by atoms with van der Waals surface area (Å²) in [6, 6.07) is 9.54. The van der Waals surface area contributed by atoms with Gasteiger partial charge in [-0.25, -0.2) is 5.43 Å². The van der Waals surface area contributed by atoms with Crippen molar-refractivity contribution in [2.24, 2.45) is 0 Å². The number of nitrogens with one attached hydrogen (secondary N) is 1. The average molecular weight is 629 g/mol. The Morgan fingerprint density at radius 1 is 1.18 bits per heavy atom. The Hall–Kier alpha value is -1.77. The van der Waals surface area contributed by atoms with E-state index in [1.165, 1.54) is 0 Å². The molecule has 2 unspecified atom stereocenters. The number of anilines is 1. The molecule has 1 N–H and O–H groups in total.